The lowest BCUT2D eigenvalue weighted by Crippen LogP contribution is -2.54. The van der Waals surface area contributed by atoms with Crippen LogP contribution in [0.4, 0.5) is 0 Å². The molecule has 3 N–H and O–H groups in total. The van der Waals surface area contributed by atoms with Crippen molar-refractivity contribution in [2.45, 2.75) is 173 Å². The highest BCUT2D eigenvalue weighted by molar-refractivity contribution is 5.69. The molecule has 1 saturated heterocycles. The largest absolute Gasteiger partial charge is 0.463 e. The smallest absolute Gasteiger partial charge is 0.305 e. The lowest BCUT2D eigenvalue weighted by Gasteiger charge is -2.34. The van der Waals surface area contributed by atoms with Crippen LogP contribution in [-0.2, 0) is 14.3 Å². The lowest BCUT2D eigenvalue weighted by atomic mass is 10.0. The van der Waals surface area contributed by atoms with E-state index < -0.39 is 24.4 Å². The monoisotopic (exact) mass is 514 g/mol. The van der Waals surface area contributed by atoms with E-state index in [-0.39, 0.29) is 19.2 Å². The second-order valence-corrected chi connectivity index (χ2v) is 10.9. The van der Waals surface area contributed by atoms with E-state index in [1.807, 2.05) is 0 Å². The van der Waals surface area contributed by atoms with E-state index in [0.29, 0.717) is 6.42 Å². The average Bonchev–Trinajstić information content (AvgIpc) is 2.87. The molecule has 1 rings (SSSR count). The Kier molecular flexibility index (Phi) is 21.7. The first kappa shape index (κ1) is 33.3. The molecule has 6 nitrogen and oxygen atoms in total. The number of ether oxygens (including phenoxy) is 2. The van der Waals surface area contributed by atoms with E-state index in [1.165, 1.54) is 116 Å². The van der Waals surface area contributed by atoms with Gasteiger partial charge < -0.3 is 24.8 Å². The maximum absolute atomic E-state index is 11.9. The third kappa shape index (κ3) is 17.7. The molecule has 0 spiro atoms. The minimum absolute atomic E-state index is 0.0696. The van der Waals surface area contributed by atoms with Crippen LogP contribution in [0.5, 0.6) is 0 Å². The van der Waals surface area contributed by atoms with Gasteiger partial charge in [0.25, 0.3) is 0 Å². The zero-order chi connectivity index (χ0) is 26.3. The number of carbonyl (C=O) groups is 1. The molecule has 0 aromatic rings. The fourth-order valence-corrected chi connectivity index (χ4v) is 4.96. The summed E-state index contributed by atoms with van der Waals surface area (Å²) in [5.74, 6) is -0.302. The van der Waals surface area contributed by atoms with Crippen molar-refractivity contribution in [1.82, 2.24) is 0 Å². The molecule has 6 heteroatoms. The summed E-state index contributed by atoms with van der Waals surface area (Å²) in [6.07, 6.45) is 24.0. The molecular weight excluding hydrogens is 456 g/mol. The molecule has 1 aliphatic heterocycles. The Balaban J connectivity index is 1.76. The third-order valence-corrected chi connectivity index (χ3v) is 7.50. The molecule has 4 atom stereocenters. The molecule has 1 fully saturated rings. The minimum Gasteiger partial charge on any atom is -0.463 e. The van der Waals surface area contributed by atoms with Crippen molar-refractivity contribution in [2.75, 3.05) is 13.2 Å². The highest BCUT2D eigenvalue weighted by Crippen LogP contribution is 2.17. The summed E-state index contributed by atoms with van der Waals surface area (Å²) in [6, 6.07) is 0. The molecule has 214 valence electrons. The second-order valence-electron chi connectivity index (χ2n) is 10.9. The van der Waals surface area contributed by atoms with Gasteiger partial charge in [0.05, 0.1) is 6.61 Å². The first-order chi connectivity index (χ1) is 17.6. The predicted molar refractivity (Wildman–Crippen MR) is 146 cm³/mol. The van der Waals surface area contributed by atoms with Gasteiger partial charge in [0.15, 0.2) is 0 Å². The molecule has 36 heavy (non-hydrogen) atoms. The SMILES string of the molecule is CCCCCCCCCCCCCCCCCCCCCCCC(=O)OC[C@H]1OC[C@@H](O)[C@@H](O)[C@@H]1O. The Hall–Kier alpha value is -0.690. The summed E-state index contributed by atoms with van der Waals surface area (Å²) >= 11 is 0. The van der Waals surface area contributed by atoms with Gasteiger partial charge in [-0.1, -0.05) is 135 Å². The molecule has 0 amide bonds. The van der Waals surface area contributed by atoms with Crippen molar-refractivity contribution in [3.05, 3.63) is 0 Å². The summed E-state index contributed by atoms with van der Waals surface area (Å²) in [4.78, 5) is 11.9. The zero-order valence-electron chi connectivity index (χ0n) is 23.3. The fourth-order valence-electron chi connectivity index (χ4n) is 4.96. The number of aliphatic hydroxyl groups is 3. The van der Waals surface area contributed by atoms with E-state index in [2.05, 4.69) is 6.92 Å². The van der Waals surface area contributed by atoms with Crippen molar-refractivity contribution >= 4 is 5.97 Å². The highest BCUT2D eigenvalue weighted by atomic mass is 16.6. The second kappa shape index (κ2) is 23.4. The van der Waals surface area contributed by atoms with Crippen LogP contribution in [0.1, 0.15) is 148 Å². The third-order valence-electron chi connectivity index (χ3n) is 7.50. The first-order valence-electron chi connectivity index (χ1n) is 15.4. The number of hydrogen-bond donors (Lipinski definition) is 3. The molecule has 0 aromatic heterocycles. The lowest BCUT2D eigenvalue weighted by molar-refractivity contribution is -0.201. The van der Waals surface area contributed by atoms with Crippen molar-refractivity contribution < 1.29 is 29.6 Å². The van der Waals surface area contributed by atoms with Gasteiger partial charge in [-0.15, -0.1) is 0 Å². The van der Waals surface area contributed by atoms with Crippen molar-refractivity contribution in [2.24, 2.45) is 0 Å². The summed E-state index contributed by atoms with van der Waals surface area (Å²) in [5.41, 5.74) is 0. The normalized spacial score (nSPS) is 22.1. The van der Waals surface area contributed by atoms with E-state index in [1.54, 1.807) is 0 Å². The molecule has 0 radical (unpaired) electrons. The van der Waals surface area contributed by atoms with Gasteiger partial charge in [-0.3, -0.25) is 4.79 Å². The topological polar surface area (TPSA) is 96.2 Å². The summed E-state index contributed by atoms with van der Waals surface area (Å²) in [7, 11) is 0. The Bertz CT molecular complexity index is 500. The quantitative estimate of drug-likeness (QED) is 0.0990. The maximum atomic E-state index is 11.9. The van der Waals surface area contributed by atoms with E-state index in [4.69, 9.17) is 9.47 Å². The number of unbranched alkanes of at least 4 members (excludes halogenated alkanes) is 20. The van der Waals surface area contributed by atoms with E-state index in [0.717, 1.165) is 19.3 Å². The maximum Gasteiger partial charge on any atom is 0.305 e. The molecule has 0 aromatic carbocycles. The van der Waals surface area contributed by atoms with Gasteiger partial charge in [-0.05, 0) is 6.42 Å². The highest BCUT2D eigenvalue weighted by Gasteiger charge is 2.38. The Labute approximate surface area is 221 Å². The van der Waals surface area contributed by atoms with Gasteiger partial charge in [-0.2, -0.15) is 0 Å². The van der Waals surface area contributed by atoms with Gasteiger partial charge in [0.1, 0.15) is 31.0 Å². The molecule has 0 aliphatic carbocycles. The number of hydrogen-bond acceptors (Lipinski definition) is 6. The Morgan fingerprint density at radius 3 is 1.44 bits per heavy atom. The molecule has 1 heterocycles. The fraction of sp³-hybridized carbons (Fsp3) is 0.967. The van der Waals surface area contributed by atoms with Crippen LogP contribution in [0.3, 0.4) is 0 Å². The first-order valence-corrected chi connectivity index (χ1v) is 15.4. The van der Waals surface area contributed by atoms with Gasteiger partial charge in [-0.25, -0.2) is 0 Å². The Morgan fingerprint density at radius 1 is 0.639 bits per heavy atom. The van der Waals surface area contributed by atoms with Crippen LogP contribution in [0.15, 0.2) is 0 Å². The predicted octanol–water partition coefficient (Wildman–Crippen LogP) is 6.61. The van der Waals surface area contributed by atoms with Gasteiger partial charge >= 0.3 is 5.97 Å². The molecule has 0 saturated carbocycles. The van der Waals surface area contributed by atoms with E-state index in [9.17, 15) is 20.1 Å². The number of rotatable bonds is 24. The molecule has 1 aliphatic rings. The molecular formula is C30H58O6. The zero-order valence-corrected chi connectivity index (χ0v) is 23.3. The Morgan fingerprint density at radius 2 is 1.03 bits per heavy atom. The standard InChI is InChI=1S/C30H58O6/c1-2-3-4-5-6-7-8-9-10-11-12-13-14-15-16-17-18-19-20-21-22-23-28(32)36-25-27-30(34)29(33)26(31)24-35-27/h26-27,29-31,33-34H,2-25H2,1H3/t26-,27-,29-,30-/m1/s1. The van der Waals surface area contributed by atoms with Crippen LogP contribution >= 0.6 is 0 Å². The summed E-state index contributed by atoms with van der Waals surface area (Å²) in [5, 5.41) is 28.9. The van der Waals surface area contributed by atoms with Crippen LogP contribution in [0.2, 0.25) is 0 Å². The van der Waals surface area contributed by atoms with E-state index >= 15 is 0 Å². The number of aliphatic hydroxyl groups excluding tert-OH is 3. The van der Waals surface area contributed by atoms with Crippen molar-refractivity contribution in [3.8, 4) is 0 Å². The molecule has 0 bridgehead atoms. The van der Waals surface area contributed by atoms with Crippen LogP contribution in [0.25, 0.3) is 0 Å². The summed E-state index contributed by atoms with van der Waals surface area (Å²) < 4.78 is 10.4. The number of esters is 1. The van der Waals surface area contributed by atoms with Crippen molar-refractivity contribution in [3.63, 3.8) is 0 Å². The van der Waals surface area contributed by atoms with Crippen molar-refractivity contribution in [1.29, 1.82) is 0 Å². The van der Waals surface area contributed by atoms with Crippen LogP contribution in [-0.4, -0.2) is 58.9 Å². The van der Waals surface area contributed by atoms with Crippen LogP contribution < -0.4 is 0 Å². The average molecular weight is 515 g/mol. The van der Waals surface area contributed by atoms with Crippen LogP contribution in [0, 0.1) is 0 Å². The minimum atomic E-state index is -1.27. The molecule has 0 unspecified atom stereocenters. The number of carbonyl (C=O) groups excluding carboxylic acids is 1. The van der Waals surface area contributed by atoms with Gasteiger partial charge in [0.2, 0.25) is 0 Å². The summed E-state index contributed by atoms with van der Waals surface area (Å²) in [6.45, 7) is 2.12. The van der Waals surface area contributed by atoms with Gasteiger partial charge in [0, 0.05) is 6.42 Å².